The molecule has 0 radical (unpaired) electrons. The zero-order chi connectivity index (χ0) is 11.3. The monoisotopic (exact) mass is 233 g/mol. The number of benzene rings is 1. The average molecular weight is 233 g/mol. The fourth-order valence-corrected chi connectivity index (χ4v) is 1.89. The van der Waals surface area contributed by atoms with Gasteiger partial charge in [0.15, 0.2) is 0 Å². The minimum atomic E-state index is -3.83. The molecule has 0 saturated heterocycles. The molecule has 0 saturated carbocycles. The highest BCUT2D eigenvalue weighted by Crippen LogP contribution is 2.13. The first-order chi connectivity index (χ1) is 7.10. The molecule has 1 aromatic carbocycles. The summed E-state index contributed by atoms with van der Waals surface area (Å²) in [5.41, 5.74) is 6.18. The topological polar surface area (TPSA) is 69.4 Å². The summed E-state index contributed by atoms with van der Waals surface area (Å²) in [6.07, 6.45) is 0. The molecule has 2 N–H and O–H groups in total. The molecular weight excluding hydrogens is 221 g/mol. The third-order valence-corrected chi connectivity index (χ3v) is 3.09. The van der Waals surface area contributed by atoms with Gasteiger partial charge in [0.25, 0.3) is 10.1 Å². The zero-order valence-electron chi connectivity index (χ0n) is 8.02. The highest BCUT2D eigenvalue weighted by molar-refractivity contribution is 7.86. The van der Waals surface area contributed by atoms with Crippen LogP contribution in [-0.4, -0.2) is 21.7 Å². The molecule has 0 aliphatic carbocycles. The van der Waals surface area contributed by atoms with E-state index >= 15 is 0 Å². The maximum absolute atomic E-state index is 11.8. The molecule has 0 spiro atoms. The van der Waals surface area contributed by atoms with E-state index in [1.165, 1.54) is 12.1 Å². The Labute approximate surface area is 88.0 Å². The van der Waals surface area contributed by atoms with Gasteiger partial charge < -0.3 is 5.73 Å². The number of nitrogens with two attached hydrogens (primary N) is 1. The molecule has 0 unspecified atom stereocenters. The van der Waals surface area contributed by atoms with Crippen LogP contribution in [0.2, 0.25) is 0 Å². The van der Waals surface area contributed by atoms with Crippen molar-refractivity contribution in [1.29, 1.82) is 0 Å². The van der Waals surface area contributed by atoms with Gasteiger partial charge in [-0.3, -0.25) is 4.18 Å². The molecule has 0 amide bonds. The zero-order valence-corrected chi connectivity index (χ0v) is 8.84. The van der Waals surface area contributed by atoms with Crippen LogP contribution in [0.25, 0.3) is 0 Å². The molecule has 15 heavy (non-hydrogen) atoms. The first-order valence-corrected chi connectivity index (χ1v) is 5.75. The Kier molecular flexibility index (Phi) is 4.19. The van der Waals surface area contributed by atoms with Crippen LogP contribution in [-0.2, 0) is 20.8 Å². The first kappa shape index (κ1) is 12.1. The van der Waals surface area contributed by atoms with Crippen molar-refractivity contribution in [3.8, 4) is 0 Å². The minimum Gasteiger partial charge on any atom is -0.326 e. The predicted octanol–water partition coefficient (Wildman–Crippen LogP) is 0.820. The van der Waals surface area contributed by atoms with Crippen molar-refractivity contribution in [3.05, 3.63) is 29.8 Å². The summed E-state index contributed by atoms with van der Waals surface area (Å²) in [7, 11) is -3.83. The summed E-state index contributed by atoms with van der Waals surface area (Å²) in [5.74, 6) is 0. The van der Waals surface area contributed by atoms with Crippen molar-refractivity contribution in [2.24, 2.45) is 5.73 Å². The normalized spacial score (nSPS) is 11.6. The molecule has 0 bridgehead atoms. The van der Waals surface area contributed by atoms with Crippen molar-refractivity contribution in [1.82, 2.24) is 0 Å². The van der Waals surface area contributed by atoms with Crippen molar-refractivity contribution in [2.45, 2.75) is 11.4 Å². The standard InChI is InChI=1S/C9H12FNO3S/c10-5-6-14-15(12,13)9-3-1-8(7-11)2-4-9/h1-4H,5-7,11H2. The highest BCUT2D eigenvalue weighted by Gasteiger charge is 2.14. The quantitative estimate of drug-likeness (QED) is 0.764. The lowest BCUT2D eigenvalue weighted by atomic mass is 10.2. The molecule has 0 heterocycles. The predicted molar refractivity (Wildman–Crippen MR) is 53.4 cm³/mol. The van der Waals surface area contributed by atoms with E-state index in [9.17, 15) is 12.8 Å². The number of hydrogen-bond acceptors (Lipinski definition) is 4. The van der Waals surface area contributed by atoms with Crippen LogP contribution in [0.3, 0.4) is 0 Å². The fraction of sp³-hybridized carbons (Fsp3) is 0.333. The van der Waals surface area contributed by atoms with E-state index in [0.29, 0.717) is 6.54 Å². The molecule has 0 aromatic heterocycles. The van der Waals surface area contributed by atoms with Crippen LogP contribution in [0.5, 0.6) is 0 Å². The summed E-state index contributed by atoms with van der Waals surface area (Å²) in [6.45, 7) is -0.952. The van der Waals surface area contributed by atoms with Gasteiger partial charge in [-0.2, -0.15) is 8.42 Å². The van der Waals surface area contributed by atoms with Crippen molar-refractivity contribution in [2.75, 3.05) is 13.3 Å². The molecule has 6 heteroatoms. The lowest BCUT2D eigenvalue weighted by molar-refractivity contribution is 0.277. The first-order valence-electron chi connectivity index (χ1n) is 4.34. The maximum atomic E-state index is 11.8. The van der Waals surface area contributed by atoms with Crippen molar-refractivity contribution >= 4 is 10.1 Å². The van der Waals surface area contributed by atoms with Gasteiger partial charge in [-0.1, -0.05) is 12.1 Å². The largest absolute Gasteiger partial charge is 0.326 e. The van der Waals surface area contributed by atoms with E-state index in [2.05, 4.69) is 4.18 Å². The Balaban J connectivity index is 2.86. The van der Waals surface area contributed by atoms with Crippen LogP contribution >= 0.6 is 0 Å². The van der Waals surface area contributed by atoms with E-state index in [4.69, 9.17) is 5.73 Å². The fourth-order valence-electron chi connectivity index (χ4n) is 1.00. The number of hydrogen-bond donors (Lipinski definition) is 1. The molecule has 1 aromatic rings. The maximum Gasteiger partial charge on any atom is 0.297 e. The third-order valence-electron chi connectivity index (χ3n) is 1.76. The Morgan fingerprint density at radius 3 is 2.33 bits per heavy atom. The van der Waals surface area contributed by atoms with Crippen LogP contribution in [0.15, 0.2) is 29.2 Å². The summed E-state index contributed by atoms with van der Waals surface area (Å²) >= 11 is 0. The Bertz CT molecular complexity index is 402. The third kappa shape index (κ3) is 3.26. The van der Waals surface area contributed by atoms with Gasteiger partial charge in [-0.15, -0.1) is 0 Å². The second-order valence-electron chi connectivity index (χ2n) is 2.81. The van der Waals surface area contributed by atoms with Gasteiger partial charge in [0.1, 0.15) is 6.67 Å². The summed E-state index contributed by atoms with van der Waals surface area (Å²) in [4.78, 5) is 0.00755. The Morgan fingerprint density at radius 1 is 1.27 bits per heavy atom. The van der Waals surface area contributed by atoms with Gasteiger partial charge >= 0.3 is 0 Å². The van der Waals surface area contributed by atoms with Gasteiger partial charge in [0.05, 0.1) is 11.5 Å². The number of alkyl halides is 1. The Hall–Kier alpha value is -0.980. The van der Waals surface area contributed by atoms with Crippen molar-refractivity contribution < 1.29 is 17.0 Å². The van der Waals surface area contributed by atoms with E-state index in [-0.39, 0.29) is 4.90 Å². The Morgan fingerprint density at radius 2 is 1.87 bits per heavy atom. The second-order valence-corrected chi connectivity index (χ2v) is 4.43. The molecule has 4 nitrogen and oxygen atoms in total. The minimum absolute atomic E-state index is 0.00755. The molecule has 1 rings (SSSR count). The lowest BCUT2D eigenvalue weighted by Crippen LogP contribution is -2.08. The van der Waals surface area contributed by atoms with Gasteiger partial charge in [0, 0.05) is 6.54 Å². The molecule has 0 aliphatic heterocycles. The van der Waals surface area contributed by atoms with Crippen LogP contribution in [0, 0.1) is 0 Å². The van der Waals surface area contributed by atoms with E-state index in [0.717, 1.165) is 5.56 Å². The van der Waals surface area contributed by atoms with Crippen LogP contribution in [0.1, 0.15) is 5.56 Å². The summed E-state index contributed by atoms with van der Waals surface area (Å²) in [6, 6.07) is 5.95. The lowest BCUT2D eigenvalue weighted by Gasteiger charge is -2.04. The van der Waals surface area contributed by atoms with Crippen LogP contribution < -0.4 is 5.73 Å². The van der Waals surface area contributed by atoms with Crippen molar-refractivity contribution in [3.63, 3.8) is 0 Å². The van der Waals surface area contributed by atoms with Gasteiger partial charge in [-0.25, -0.2) is 4.39 Å². The van der Waals surface area contributed by atoms with Gasteiger partial charge in [-0.05, 0) is 17.7 Å². The van der Waals surface area contributed by atoms with E-state index < -0.39 is 23.4 Å². The molecule has 84 valence electrons. The smallest absolute Gasteiger partial charge is 0.297 e. The molecular formula is C9H12FNO3S. The number of halogens is 1. The van der Waals surface area contributed by atoms with E-state index in [1.54, 1.807) is 12.1 Å². The SMILES string of the molecule is NCc1ccc(S(=O)(=O)OCCF)cc1. The van der Waals surface area contributed by atoms with E-state index in [1.807, 2.05) is 0 Å². The number of rotatable bonds is 5. The second kappa shape index (κ2) is 5.20. The summed E-state index contributed by atoms with van der Waals surface area (Å²) in [5, 5.41) is 0. The summed E-state index contributed by atoms with van der Waals surface area (Å²) < 4.78 is 38.9. The molecule has 0 aliphatic rings. The van der Waals surface area contributed by atoms with Crippen LogP contribution in [0.4, 0.5) is 4.39 Å². The average Bonchev–Trinajstić information content (AvgIpc) is 2.26. The van der Waals surface area contributed by atoms with Gasteiger partial charge in [0.2, 0.25) is 0 Å². The molecule has 0 fully saturated rings. The molecule has 0 atom stereocenters. The highest BCUT2D eigenvalue weighted by atomic mass is 32.2.